The van der Waals surface area contributed by atoms with Crippen LogP contribution in [0, 0.1) is 0 Å². The second-order valence-electron chi connectivity index (χ2n) is 10.8. The van der Waals surface area contributed by atoms with E-state index in [-0.39, 0.29) is 23.6 Å². The number of carbonyl (C=O) groups is 4. The van der Waals surface area contributed by atoms with Gasteiger partial charge in [0.2, 0.25) is 0 Å². The Labute approximate surface area is 233 Å². The molecule has 6 rings (SSSR count). The van der Waals surface area contributed by atoms with Gasteiger partial charge in [0, 0.05) is 46.1 Å². The molecule has 4 amide bonds. The summed E-state index contributed by atoms with van der Waals surface area (Å²) in [7, 11) is 0. The van der Waals surface area contributed by atoms with Crippen LogP contribution >= 0.6 is 0 Å². The van der Waals surface area contributed by atoms with Crippen molar-refractivity contribution in [2.45, 2.75) is 51.4 Å². The Morgan fingerprint density at radius 1 is 0.375 bits per heavy atom. The van der Waals surface area contributed by atoms with Crippen molar-refractivity contribution in [1.29, 1.82) is 0 Å². The van der Waals surface area contributed by atoms with Crippen molar-refractivity contribution in [3.63, 3.8) is 0 Å². The molecule has 0 aliphatic carbocycles. The van der Waals surface area contributed by atoms with E-state index < -0.39 is 0 Å². The van der Waals surface area contributed by atoms with Gasteiger partial charge >= 0.3 is 0 Å². The van der Waals surface area contributed by atoms with Gasteiger partial charge in [-0.25, -0.2) is 0 Å². The Balaban J connectivity index is 0.905. The lowest BCUT2D eigenvalue weighted by atomic mass is 9.94. The molecule has 0 fully saturated rings. The molecule has 0 saturated heterocycles. The summed E-state index contributed by atoms with van der Waals surface area (Å²) in [4.78, 5) is 54.8. The van der Waals surface area contributed by atoms with Crippen LogP contribution in [0.3, 0.4) is 0 Å². The summed E-state index contributed by atoms with van der Waals surface area (Å²) in [5, 5.41) is 3.39. The summed E-state index contributed by atoms with van der Waals surface area (Å²) in [6.07, 6.45) is 7.78. The normalized spacial score (nSPS) is 14.6. The van der Waals surface area contributed by atoms with Gasteiger partial charge in [-0.05, 0) is 47.9 Å². The van der Waals surface area contributed by atoms with Gasteiger partial charge < -0.3 is 0 Å². The van der Waals surface area contributed by atoms with Crippen LogP contribution in [-0.2, 0) is 0 Å². The first-order chi connectivity index (χ1) is 19.6. The van der Waals surface area contributed by atoms with Crippen LogP contribution < -0.4 is 0 Å². The molecule has 202 valence electrons. The van der Waals surface area contributed by atoms with Gasteiger partial charge in [-0.15, -0.1) is 0 Å². The highest BCUT2D eigenvalue weighted by atomic mass is 16.2. The number of rotatable bonds is 11. The van der Waals surface area contributed by atoms with Crippen LogP contribution in [0.15, 0.2) is 72.8 Å². The average Bonchev–Trinajstić information content (AvgIpc) is 2.98. The van der Waals surface area contributed by atoms with Crippen LogP contribution in [0.1, 0.15) is 92.8 Å². The number of nitrogens with zero attached hydrogens (tertiary/aromatic N) is 2. The summed E-state index contributed by atoms with van der Waals surface area (Å²) in [5.74, 6) is -0.777. The van der Waals surface area contributed by atoms with Gasteiger partial charge in [-0.2, -0.15) is 0 Å². The minimum Gasteiger partial charge on any atom is -0.274 e. The fourth-order valence-corrected chi connectivity index (χ4v) is 6.17. The van der Waals surface area contributed by atoms with Crippen molar-refractivity contribution in [2.24, 2.45) is 0 Å². The molecule has 0 bridgehead atoms. The highest BCUT2D eigenvalue weighted by molar-refractivity contribution is 6.26. The Kier molecular flexibility index (Phi) is 7.16. The van der Waals surface area contributed by atoms with Gasteiger partial charge in [0.1, 0.15) is 0 Å². The monoisotopic (exact) mass is 532 g/mol. The van der Waals surface area contributed by atoms with E-state index in [0.717, 1.165) is 72.9 Å². The molecule has 0 aromatic heterocycles. The maximum atomic E-state index is 13.0. The zero-order chi connectivity index (χ0) is 27.6. The molecular formula is C34H32N2O4. The van der Waals surface area contributed by atoms with Gasteiger partial charge in [0.15, 0.2) is 0 Å². The molecule has 40 heavy (non-hydrogen) atoms. The predicted molar refractivity (Wildman–Crippen MR) is 156 cm³/mol. The number of carbonyl (C=O) groups excluding carboxylic acids is 4. The minimum absolute atomic E-state index is 0.194. The quantitative estimate of drug-likeness (QED) is 0.154. The first-order valence-corrected chi connectivity index (χ1v) is 14.3. The van der Waals surface area contributed by atoms with E-state index in [1.165, 1.54) is 9.80 Å². The van der Waals surface area contributed by atoms with Gasteiger partial charge in [-0.1, -0.05) is 87.1 Å². The van der Waals surface area contributed by atoms with E-state index in [4.69, 9.17) is 0 Å². The van der Waals surface area contributed by atoms with Crippen LogP contribution in [-0.4, -0.2) is 46.5 Å². The maximum absolute atomic E-state index is 13.0. The van der Waals surface area contributed by atoms with Crippen molar-refractivity contribution >= 4 is 45.2 Å². The smallest absolute Gasteiger partial charge is 0.261 e. The Bertz CT molecular complexity index is 1430. The Morgan fingerprint density at radius 2 is 0.650 bits per heavy atom. The number of amides is 4. The van der Waals surface area contributed by atoms with Crippen molar-refractivity contribution in [1.82, 2.24) is 9.80 Å². The molecule has 0 atom stereocenters. The fourth-order valence-electron chi connectivity index (χ4n) is 6.17. The third-order valence-electron chi connectivity index (χ3n) is 8.23. The summed E-state index contributed by atoms with van der Waals surface area (Å²) in [5.41, 5.74) is 2.45. The molecule has 4 aromatic rings. The van der Waals surface area contributed by atoms with Gasteiger partial charge in [0.05, 0.1) is 0 Å². The molecule has 0 saturated carbocycles. The largest absolute Gasteiger partial charge is 0.274 e. The molecule has 6 heteroatoms. The SMILES string of the molecule is O=C1c2cccc3cccc(c23)C(=O)N1CCCCCCCCCCN1C(=O)c2cccc3cccc(c23)C1=O. The lowest BCUT2D eigenvalue weighted by molar-refractivity contribution is 0.0592. The van der Waals surface area contributed by atoms with Crippen LogP contribution in [0.5, 0.6) is 0 Å². The molecule has 2 aliphatic rings. The lowest BCUT2D eigenvalue weighted by Gasteiger charge is -2.27. The molecule has 0 radical (unpaired) electrons. The molecule has 2 aliphatic heterocycles. The third-order valence-corrected chi connectivity index (χ3v) is 8.23. The van der Waals surface area contributed by atoms with Crippen molar-refractivity contribution in [3.05, 3.63) is 95.1 Å². The maximum Gasteiger partial charge on any atom is 0.261 e. The molecule has 0 unspecified atom stereocenters. The second-order valence-corrected chi connectivity index (χ2v) is 10.8. The summed E-state index contributed by atoms with van der Waals surface area (Å²) in [6, 6.07) is 22.5. The lowest BCUT2D eigenvalue weighted by Crippen LogP contribution is -2.40. The summed E-state index contributed by atoms with van der Waals surface area (Å²) in [6.45, 7) is 0.883. The molecule has 2 heterocycles. The predicted octanol–water partition coefficient (Wildman–Crippen LogP) is 7.01. The highest BCUT2D eigenvalue weighted by Gasteiger charge is 2.33. The average molecular weight is 533 g/mol. The van der Waals surface area contributed by atoms with E-state index in [9.17, 15) is 19.2 Å². The van der Waals surface area contributed by atoms with E-state index in [2.05, 4.69) is 0 Å². The summed E-state index contributed by atoms with van der Waals surface area (Å²) >= 11 is 0. The van der Waals surface area contributed by atoms with Crippen LogP contribution in [0.4, 0.5) is 0 Å². The van der Waals surface area contributed by atoms with E-state index in [0.29, 0.717) is 35.3 Å². The number of hydrogen-bond donors (Lipinski definition) is 0. The minimum atomic E-state index is -0.194. The number of benzene rings is 4. The fraction of sp³-hybridized carbons (Fsp3) is 0.294. The van der Waals surface area contributed by atoms with Crippen molar-refractivity contribution in [3.8, 4) is 0 Å². The van der Waals surface area contributed by atoms with Crippen LogP contribution in [0.2, 0.25) is 0 Å². The summed E-state index contributed by atoms with van der Waals surface area (Å²) < 4.78 is 0. The highest BCUT2D eigenvalue weighted by Crippen LogP contribution is 2.31. The van der Waals surface area contributed by atoms with E-state index >= 15 is 0 Å². The van der Waals surface area contributed by atoms with E-state index in [1.807, 2.05) is 72.8 Å². The van der Waals surface area contributed by atoms with Crippen LogP contribution in [0.25, 0.3) is 21.5 Å². The van der Waals surface area contributed by atoms with Gasteiger partial charge in [-0.3, -0.25) is 29.0 Å². The zero-order valence-electron chi connectivity index (χ0n) is 22.5. The molecular weight excluding hydrogens is 500 g/mol. The van der Waals surface area contributed by atoms with Crippen molar-refractivity contribution in [2.75, 3.05) is 13.1 Å². The second kappa shape index (κ2) is 11.0. The topological polar surface area (TPSA) is 74.8 Å². The van der Waals surface area contributed by atoms with E-state index in [1.54, 1.807) is 0 Å². The van der Waals surface area contributed by atoms with Crippen molar-refractivity contribution < 1.29 is 19.2 Å². The molecule has 6 nitrogen and oxygen atoms in total. The number of hydrogen-bond acceptors (Lipinski definition) is 4. The molecule has 4 aromatic carbocycles. The number of imide groups is 2. The Hall–Kier alpha value is -4.32. The third kappa shape index (κ3) is 4.57. The first kappa shape index (κ1) is 25.9. The molecule has 0 N–H and O–H groups in total. The van der Waals surface area contributed by atoms with Gasteiger partial charge in [0.25, 0.3) is 23.6 Å². The molecule has 0 spiro atoms. The Morgan fingerprint density at radius 3 is 0.950 bits per heavy atom. The zero-order valence-corrected chi connectivity index (χ0v) is 22.5. The standard InChI is InChI=1S/C34H32N2O4/c37-31-25-17-9-13-23-14-10-18-26(29(23)25)32(38)35(31)21-7-5-3-1-2-4-6-8-22-36-33(39)27-19-11-15-24-16-12-20-28(30(24)27)34(36)40/h9-20H,1-8,21-22H2. The first-order valence-electron chi connectivity index (χ1n) is 14.3. The number of unbranched alkanes of at least 4 members (excludes halogenated alkanes) is 7.